The molecule has 1 aromatic rings. The summed E-state index contributed by atoms with van der Waals surface area (Å²) < 4.78 is 0. The van der Waals surface area contributed by atoms with Crippen LogP contribution in [0.2, 0.25) is 0 Å². The fraction of sp³-hybridized carbons (Fsp3) is 0.643. The Kier molecular flexibility index (Phi) is 6.39. The van der Waals surface area contributed by atoms with Gasteiger partial charge in [0.05, 0.1) is 0 Å². The van der Waals surface area contributed by atoms with Crippen molar-refractivity contribution in [2.24, 2.45) is 0 Å². The maximum atomic E-state index is 11.0. The van der Waals surface area contributed by atoms with Gasteiger partial charge in [0.15, 0.2) is 0 Å². The third-order valence-electron chi connectivity index (χ3n) is 2.70. The fourth-order valence-corrected chi connectivity index (χ4v) is 2.82. The van der Waals surface area contributed by atoms with Gasteiger partial charge in [0.1, 0.15) is 5.78 Å². The Hall–Kier alpha value is -0.630. The molecular weight excluding hydrogens is 216 g/mol. The number of aryl methyl sites for hydroxylation is 1. The second-order valence-electron chi connectivity index (χ2n) is 4.46. The highest BCUT2D eigenvalue weighted by Gasteiger charge is 2.02. The van der Waals surface area contributed by atoms with Gasteiger partial charge in [0, 0.05) is 11.3 Å². The molecule has 16 heavy (non-hydrogen) atoms. The molecule has 0 aliphatic heterocycles. The third-order valence-corrected chi connectivity index (χ3v) is 3.69. The summed E-state index contributed by atoms with van der Waals surface area (Å²) in [5, 5.41) is 2.21. The number of hydrogen-bond acceptors (Lipinski definition) is 2. The van der Waals surface area contributed by atoms with Crippen molar-refractivity contribution >= 4 is 17.1 Å². The first-order valence-electron chi connectivity index (χ1n) is 6.28. The molecule has 0 aliphatic carbocycles. The van der Waals surface area contributed by atoms with Crippen molar-refractivity contribution in [2.75, 3.05) is 0 Å². The molecule has 0 bridgehead atoms. The van der Waals surface area contributed by atoms with Crippen LogP contribution < -0.4 is 0 Å². The van der Waals surface area contributed by atoms with Crippen molar-refractivity contribution < 1.29 is 4.79 Å². The quantitative estimate of drug-likeness (QED) is 0.614. The first kappa shape index (κ1) is 13.4. The SMILES string of the molecule is CCCCCCCc1csc(CC(C)=O)c1. The van der Waals surface area contributed by atoms with Gasteiger partial charge in [-0.3, -0.25) is 4.79 Å². The lowest BCUT2D eigenvalue weighted by molar-refractivity contribution is -0.116. The molecule has 0 saturated heterocycles. The predicted molar refractivity (Wildman–Crippen MR) is 71.2 cm³/mol. The highest BCUT2D eigenvalue weighted by Crippen LogP contribution is 2.18. The van der Waals surface area contributed by atoms with Crippen LogP contribution in [0.3, 0.4) is 0 Å². The molecule has 0 spiro atoms. The number of hydrogen-bond donors (Lipinski definition) is 0. The van der Waals surface area contributed by atoms with Crippen LogP contribution in [0, 0.1) is 0 Å². The van der Waals surface area contributed by atoms with Crippen LogP contribution in [0.1, 0.15) is 56.4 Å². The Morgan fingerprint density at radius 2 is 2.00 bits per heavy atom. The van der Waals surface area contributed by atoms with Gasteiger partial charge < -0.3 is 0 Å². The molecule has 0 amide bonds. The Balaban J connectivity index is 2.21. The van der Waals surface area contributed by atoms with Crippen LogP contribution in [0.5, 0.6) is 0 Å². The van der Waals surface area contributed by atoms with Crippen molar-refractivity contribution in [1.82, 2.24) is 0 Å². The van der Waals surface area contributed by atoms with Crippen molar-refractivity contribution in [2.45, 2.75) is 58.8 Å². The number of carbonyl (C=O) groups is 1. The summed E-state index contributed by atoms with van der Waals surface area (Å²) in [5.74, 6) is 0.261. The third kappa shape index (κ3) is 5.45. The van der Waals surface area contributed by atoms with Gasteiger partial charge >= 0.3 is 0 Å². The maximum Gasteiger partial charge on any atom is 0.135 e. The average Bonchev–Trinajstić information content (AvgIpc) is 2.64. The number of unbranched alkanes of at least 4 members (excludes halogenated alkanes) is 4. The largest absolute Gasteiger partial charge is 0.300 e. The van der Waals surface area contributed by atoms with Crippen molar-refractivity contribution in [3.63, 3.8) is 0 Å². The number of ketones is 1. The zero-order valence-electron chi connectivity index (χ0n) is 10.4. The van der Waals surface area contributed by atoms with Crippen LogP contribution in [-0.4, -0.2) is 5.78 Å². The van der Waals surface area contributed by atoms with Crippen molar-refractivity contribution in [3.8, 4) is 0 Å². The number of rotatable bonds is 8. The molecule has 0 N–H and O–H groups in total. The molecule has 90 valence electrons. The minimum absolute atomic E-state index is 0.261. The van der Waals surface area contributed by atoms with E-state index in [0.29, 0.717) is 6.42 Å². The molecule has 0 saturated carbocycles. The van der Waals surface area contributed by atoms with Crippen LogP contribution in [0.4, 0.5) is 0 Å². The normalized spacial score (nSPS) is 10.6. The number of Topliss-reactive ketones (excluding diaryl/α,β-unsaturated/α-hetero) is 1. The van der Waals surface area contributed by atoms with Crippen LogP contribution in [0.25, 0.3) is 0 Å². The summed E-state index contributed by atoms with van der Waals surface area (Å²) in [6.07, 6.45) is 8.45. The predicted octanol–water partition coefficient (Wildman–Crippen LogP) is 4.39. The lowest BCUT2D eigenvalue weighted by atomic mass is 10.1. The second kappa shape index (κ2) is 7.61. The molecule has 0 aromatic carbocycles. The summed E-state index contributed by atoms with van der Waals surface area (Å²) in [6.45, 7) is 3.90. The minimum Gasteiger partial charge on any atom is -0.300 e. The van der Waals surface area contributed by atoms with E-state index < -0.39 is 0 Å². The van der Waals surface area contributed by atoms with Gasteiger partial charge in [0.2, 0.25) is 0 Å². The fourth-order valence-electron chi connectivity index (χ4n) is 1.83. The van der Waals surface area contributed by atoms with Crippen LogP contribution >= 0.6 is 11.3 Å². The van der Waals surface area contributed by atoms with E-state index in [2.05, 4.69) is 18.4 Å². The van der Waals surface area contributed by atoms with Gasteiger partial charge in [-0.2, -0.15) is 0 Å². The molecule has 1 heterocycles. The minimum atomic E-state index is 0.261. The Labute approximate surface area is 103 Å². The molecule has 1 nitrogen and oxygen atoms in total. The molecule has 1 aromatic heterocycles. The van der Waals surface area contributed by atoms with Crippen molar-refractivity contribution in [3.05, 3.63) is 21.9 Å². The topological polar surface area (TPSA) is 17.1 Å². The van der Waals surface area contributed by atoms with Gasteiger partial charge in [0.25, 0.3) is 0 Å². The number of thiophene rings is 1. The molecule has 0 unspecified atom stereocenters. The van der Waals surface area contributed by atoms with E-state index in [1.807, 2.05) is 0 Å². The zero-order valence-corrected chi connectivity index (χ0v) is 11.2. The Morgan fingerprint density at radius 1 is 1.25 bits per heavy atom. The van der Waals surface area contributed by atoms with E-state index in [0.717, 1.165) is 0 Å². The zero-order chi connectivity index (χ0) is 11.8. The molecule has 0 atom stereocenters. The van der Waals surface area contributed by atoms with E-state index in [-0.39, 0.29) is 5.78 Å². The Bertz CT molecular complexity index is 314. The van der Waals surface area contributed by atoms with Gasteiger partial charge in [-0.15, -0.1) is 11.3 Å². The monoisotopic (exact) mass is 238 g/mol. The molecule has 1 rings (SSSR count). The van der Waals surface area contributed by atoms with E-state index in [1.165, 1.54) is 49.0 Å². The summed E-state index contributed by atoms with van der Waals surface area (Å²) in [5.41, 5.74) is 1.41. The van der Waals surface area contributed by atoms with Crippen molar-refractivity contribution in [1.29, 1.82) is 0 Å². The molecule has 2 heteroatoms. The summed E-state index contributed by atoms with van der Waals surface area (Å²) >= 11 is 1.73. The maximum absolute atomic E-state index is 11.0. The first-order valence-corrected chi connectivity index (χ1v) is 7.16. The van der Waals surface area contributed by atoms with E-state index >= 15 is 0 Å². The van der Waals surface area contributed by atoms with E-state index in [4.69, 9.17) is 0 Å². The van der Waals surface area contributed by atoms with Gasteiger partial charge in [-0.05, 0) is 36.8 Å². The lowest BCUT2D eigenvalue weighted by Crippen LogP contribution is -1.92. The second-order valence-corrected chi connectivity index (χ2v) is 5.46. The van der Waals surface area contributed by atoms with E-state index in [1.54, 1.807) is 18.3 Å². The summed E-state index contributed by atoms with van der Waals surface area (Å²) in [7, 11) is 0. The summed E-state index contributed by atoms with van der Waals surface area (Å²) in [6, 6.07) is 2.20. The van der Waals surface area contributed by atoms with Gasteiger partial charge in [-0.25, -0.2) is 0 Å². The number of carbonyl (C=O) groups excluding carboxylic acids is 1. The van der Waals surface area contributed by atoms with Crippen LogP contribution in [0.15, 0.2) is 11.4 Å². The molecule has 0 fully saturated rings. The van der Waals surface area contributed by atoms with Crippen LogP contribution in [-0.2, 0) is 17.6 Å². The molecule has 0 radical (unpaired) electrons. The first-order chi connectivity index (χ1) is 7.72. The molecule has 0 aliphatic rings. The lowest BCUT2D eigenvalue weighted by Gasteiger charge is -1.98. The average molecular weight is 238 g/mol. The highest BCUT2D eigenvalue weighted by atomic mass is 32.1. The van der Waals surface area contributed by atoms with Gasteiger partial charge in [-0.1, -0.05) is 32.6 Å². The Morgan fingerprint density at radius 3 is 2.69 bits per heavy atom. The summed E-state index contributed by atoms with van der Waals surface area (Å²) in [4.78, 5) is 12.2. The van der Waals surface area contributed by atoms with E-state index in [9.17, 15) is 4.79 Å². The standard InChI is InChI=1S/C14H22OS/c1-3-4-5-6-7-8-13-10-14(16-11-13)9-12(2)15/h10-11H,3-9H2,1-2H3. The smallest absolute Gasteiger partial charge is 0.135 e. The highest BCUT2D eigenvalue weighted by molar-refractivity contribution is 7.10. The molecular formula is C14H22OS.